The van der Waals surface area contributed by atoms with Crippen LogP contribution in [0.2, 0.25) is 0 Å². The Morgan fingerprint density at radius 1 is 1.56 bits per heavy atom. The molecule has 1 atom stereocenters. The van der Waals surface area contributed by atoms with Gasteiger partial charge < -0.3 is 15.4 Å². The topological polar surface area (TPSA) is 72.6 Å². The molecular formula is C13H14N2O3. The Bertz CT molecular complexity index is 553. The molecule has 2 aliphatic heterocycles. The molecule has 2 amide bonds. The van der Waals surface area contributed by atoms with Crippen LogP contribution in [0.4, 0.5) is 5.69 Å². The Kier molecular flexibility index (Phi) is 2.29. The largest absolute Gasteiger partial charge is 0.493 e. The number of nitrogens with zero attached hydrogens (tertiary/aromatic N) is 1. The average molecular weight is 246 g/mol. The van der Waals surface area contributed by atoms with Gasteiger partial charge in [-0.25, -0.2) is 0 Å². The highest BCUT2D eigenvalue weighted by Gasteiger charge is 2.41. The fourth-order valence-electron chi connectivity index (χ4n) is 2.70. The van der Waals surface area contributed by atoms with E-state index in [2.05, 4.69) is 0 Å². The molecule has 0 aromatic heterocycles. The molecule has 18 heavy (non-hydrogen) atoms. The Morgan fingerprint density at radius 3 is 3.00 bits per heavy atom. The summed E-state index contributed by atoms with van der Waals surface area (Å²) in [6.45, 7) is 3.07. The second-order valence-corrected chi connectivity index (χ2v) is 4.54. The molecular weight excluding hydrogens is 232 g/mol. The van der Waals surface area contributed by atoms with Gasteiger partial charge in [-0.3, -0.25) is 9.59 Å². The number of nitrogens with two attached hydrogens (primary N) is 1. The maximum absolute atomic E-state index is 12.1. The van der Waals surface area contributed by atoms with Gasteiger partial charge in [0.15, 0.2) is 0 Å². The molecule has 1 aromatic carbocycles. The van der Waals surface area contributed by atoms with Gasteiger partial charge in [-0.15, -0.1) is 0 Å². The summed E-state index contributed by atoms with van der Waals surface area (Å²) in [4.78, 5) is 25.2. The maximum atomic E-state index is 12.1. The third kappa shape index (κ3) is 1.33. The zero-order valence-corrected chi connectivity index (χ0v) is 10.1. The monoisotopic (exact) mass is 246 g/mol. The predicted octanol–water partition coefficient (Wildman–Crippen LogP) is 0.557. The molecule has 0 radical (unpaired) electrons. The molecule has 2 N–H and O–H groups in total. The smallest absolute Gasteiger partial charge is 0.244 e. The van der Waals surface area contributed by atoms with Crippen LogP contribution in [0.1, 0.15) is 24.0 Å². The minimum Gasteiger partial charge on any atom is -0.493 e. The van der Waals surface area contributed by atoms with Crippen molar-refractivity contribution in [2.45, 2.75) is 19.3 Å². The summed E-state index contributed by atoms with van der Waals surface area (Å²) >= 11 is 0. The number of rotatable bonds is 2. The normalized spacial score (nSPS) is 20.6. The zero-order chi connectivity index (χ0) is 12.9. The van der Waals surface area contributed by atoms with Gasteiger partial charge in [0.2, 0.25) is 11.8 Å². The van der Waals surface area contributed by atoms with Gasteiger partial charge in [-0.2, -0.15) is 0 Å². The Labute approximate surface area is 105 Å². The van der Waals surface area contributed by atoms with E-state index in [-0.39, 0.29) is 5.91 Å². The minimum atomic E-state index is -0.866. The van der Waals surface area contributed by atoms with Crippen LogP contribution in [0.5, 0.6) is 5.75 Å². The molecule has 2 heterocycles. The molecule has 94 valence electrons. The molecule has 2 aliphatic rings. The number of likely N-dealkylation sites (N-methyl/N-ethyl adjacent to an activating group) is 1. The van der Waals surface area contributed by atoms with Crippen LogP contribution >= 0.6 is 0 Å². The molecule has 0 fully saturated rings. The lowest BCUT2D eigenvalue weighted by Gasteiger charge is -2.15. The molecule has 5 heteroatoms. The first kappa shape index (κ1) is 11.1. The quantitative estimate of drug-likeness (QED) is 0.775. The number of fused-ring (bicyclic) bond motifs is 2. The van der Waals surface area contributed by atoms with Crippen LogP contribution in [-0.4, -0.2) is 25.0 Å². The number of hydrogen-bond donors (Lipinski definition) is 1. The molecule has 0 saturated heterocycles. The van der Waals surface area contributed by atoms with Crippen molar-refractivity contribution >= 4 is 17.5 Å². The van der Waals surface area contributed by atoms with E-state index in [1.54, 1.807) is 11.0 Å². The summed E-state index contributed by atoms with van der Waals surface area (Å²) in [7, 11) is 0. The van der Waals surface area contributed by atoms with Crippen molar-refractivity contribution < 1.29 is 14.3 Å². The number of carbonyl (C=O) groups excluding carboxylic acids is 2. The number of primary amides is 1. The van der Waals surface area contributed by atoms with Crippen molar-refractivity contribution in [2.75, 3.05) is 18.1 Å². The Balaban J connectivity index is 2.18. The standard InChI is InChI=1S/C13H14N2O3/c1-2-15-9-5-7-3-4-18-10(7)6-8(9)11(12(14)16)13(15)17/h5-6,11H,2-4H2,1H3,(H2,14,16). The first-order valence-electron chi connectivity index (χ1n) is 6.03. The second-order valence-electron chi connectivity index (χ2n) is 4.54. The molecule has 0 aliphatic carbocycles. The van der Waals surface area contributed by atoms with E-state index in [9.17, 15) is 9.59 Å². The van der Waals surface area contributed by atoms with E-state index in [4.69, 9.17) is 10.5 Å². The van der Waals surface area contributed by atoms with Gasteiger partial charge >= 0.3 is 0 Å². The number of anilines is 1. The molecule has 0 spiro atoms. The lowest BCUT2D eigenvalue weighted by atomic mass is 9.98. The van der Waals surface area contributed by atoms with Crippen molar-refractivity contribution in [1.82, 2.24) is 0 Å². The highest BCUT2D eigenvalue weighted by molar-refractivity contribution is 6.17. The molecule has 1 aromatic rings. The Hall–Kier alpha value is -2.04. The number of hydrogen-bond acceptors (Lipinski definition) is 3. The third-order valence-corrected chi connectivity index (χ3v) is 3.55. The van der Waals surface area contributed by atoms with Crippen LogP contribution in [0.3, 0.4) is 0 Å². The SMILES string of the molecule is CCN1C(=O)C(C(N)=O)c2cc3c(cc21)CCO3. The fourth-order valence-corrected chi connectivity index (χ4v) is 2.70. The van der Waals surface area contributed by atoms with Gasteiger partial charge in [0.05, 0.1) is 6.61 Å². The van der Waals surface area contributed by atoms with E-state index in [1.165, 1.54) is 0 Å². The van der Waals surface area contributed by atoms with Gasteiger partial charge in [0.1, 0.15) is 11.7 Å². The van der Waals surface area contributed by atoms with Crippen molar-refractivity contribution in [3.05, 3.63) is 23.3 Å². The van der Waals surface area contributed by atoms with Crippen LogP contribution in [0.25, 0.3) is 0 Å². The van der Waals surface area contributed by atoms with E-state index in [0.29, 0.717) is 18.7 Å². The van der Waals surface area contributed by atoms with E-state index in [0.717, 1.165) is 23.4 Å². The molecule has 0 bridgehead atoms. The first-order valence-corrected chi connectivity index (χ1v) is 6.03. The van der Waals surface area contributed by atoms with E-state index < -0.39 is 11.8 Å². The van der Waals surface area contributed by atoms with Crippen LogP contribution in [-0.2, 0) is 16.0 Å². The summed E-state index contributed by atoms with van der Waals surface area (Å²) in [5.41, 5.74) is 7.90. The van der Waals surface area contributed by atoms with Gasteiger partial charge in [-0.1, -0.05) is 0 Å². The predicted molar refractivity (Wildman–Crippen MR) is 65.6 cm³/mol. The lowest BCUT2D eigenvalue weighted by Crippen LogP contribution is -2.34. The van der Waals surface area contributed by atoms with Crippen LogP contribution < -0.4 is 15.4 Å². The highest BCUT2D eigenvalue weighted by atomic mass is 16.5. The zero-order valence-electron chi connectivity index (χ0n) is 10.1. The van der Waals surface area contributed by atoms with Crippen molar-refractivity contribution in [1.29, 1.82) is 0 Å². The van der Waals surface area contributed by atoms with Gasteiger partial charge in [-0.05, 0) is 24.6 Å². The van der Waals surface area contributed by atoms with Crippen LogP contribution in [0, 0.1) is 0 Å². The summed E-state index contributed by atoms with van der Waals surface area (Å²) in [5.74, 6) is -0.931. The minimum absolute atomic E-state index is 0.233. The molecule has 1 unspecified atom stereocenters. The van der Waals surface area contributed by atoms with Gasteiger partial charge in [0.25, 0.3) is 0 Å². The summed E-state index contributed by atoms with van der Waals surface area (Å²) in [5, 5.41) is 0. The molecule has 3 rings (SSSR count). The summed E-state index contributed by atoms with van der Waals surface area (Å²) < 4.78 is 5.47. The Morgan fingerprint density at radius 2 is 2.33 bits per heavy atom. The summed E-state index contributed by atoms with van der Waals surface area (Å²) in [6.07, 6.45) is 0.843. The highest BCUT2D eigenvalue weighted by Crippen LogP contribution is 2.42. The molecule has 5 nitrogen and oxygen atoms in total. The van der Waals surface area contributed by atoms with Crippen molar-refractivity contribution in [2.24, 2.45) is 5.73 Å². The molecule has 0 saturated carbocycles. The van der Waals surface area contributed by atoms with Crippen molar-refractivity contribution in [3.8, 4) is 5.75 Å². The van der Waals surface area contributed by atoms with E-state index >= 15 is 0 Å². The summed E-state index contributed by atoms with van der Waals surface area (Å²) in [6, 6.07) is 3.74. The van der Waals surface area contributed by atoms with Crippen molar-refractivity contribution in [3.63, 3.8) is 0 Å². The first-order chi connectivity index (χ1) is 8.63. The number of amides is 2. The van der Waals surface area contributed by atoms with Gasteiger partial charge in [0, 0.05) is 24.2 Å². The third-order valence-electron chi connectivity index (χ3n) is 3.55. The average Bonchev–Trinajstić information content (AvgIpc) is 2.86. The number of ether oxygens (including phenoxy) is 1. The fraction of sp³-hybridized carbons (Fsp3) is 0.385. The lowest BCUT2D eigenvalue weighted by molar-refractivity contribution is -0.127. The van der Waals surface area contributed by atoms with E-state index in [1.807, 2.05) is 13.0 Å². The number of benzene rings is 1. The van der Waals surface area contributed by atoms with Crippen LogP contribution in [0.15, 0.2) is 12.1 Å². The second kappa shape index (κ2) is 3.73. The number of carbonyl (C=O) groups is 2. The maximum Gasteiger partial charge on any atom is 0.244 e.